The summed E-state index contributed by atoms with van der Waals surface area (Å²) < 4.78 is 0. The van der Waals surface area contributed by atoms with Crippen LogP contribution >= 0.6 is 29.1 Å². The third-order valence-electron chi connectivity index (χ3n) is 5.26. The summed E-state index contributed by atoms with van der Waals surface area (Å²) in [5, 5.41) is 0. The molecule has 0 aliphatic heterocycles. The molecule has 4 heteroatoms. The van der Waals surface area contributed by atoms with E-state index < -0.39 is 13.0 Å². The first-order valence-corrected chi connectivity index (χ1v) is 14.2. The van der Waals surface area contributed by atoms with Crippen molar-refractivity contribution in [1.29, 1.82) is 0 Å². The molecule has 0 bridgehead atoms. The molecule has 22 heavy (non-hydrogen) atoms. The van der Waals surface area contributed by atoms with Gasteiger partial charge in [0.1, 0.15) is 0 Å². The Morgan fingerprint density at radius 2 is 1.64 bits per heavy atom. The molecule has 0 amide bonds. The molecule has 127 valence electrons. The van der Waals surface area contributed by atoms with Crippen molar-refractivity contribution in [3.63, 3.8) is 0 Å². The topological polar surface area (TPSA) is 0 Å². The van der Waals surface area contributed by atoms with Crippen LogP contribution in [0.2, 0.25) is 0 Å². The van der Waals surface area contributed by atoms with E-state index in [0.29, 0.717) is 0 Å². The number of halogens is 3. The normalized spacial score (nSPS) is 23.3. The molecule has 0 saturated carbocycles. The SMILES string of the molecule is CC1=C(C2=CC=CC2)CCC=CC(C)(C)C1(C)C.[Cl][Ru]([Cl])[Cl]. The van der Waals surface area contributed by atoms with Gasteiger partial charge < -0.3 is 0 Å². The van der Waals surface area contributed by atoms with Crippen LogP contribution in [0.4, 0.5) is 0 Å². The Bertz CT molecular complexity index is 506. The molecule has 0 spiro atoms. The standard InChI is InChI=1S/C18H26.3ClH.Ru/c1-14-16(15-10-6-7-11-15)12-8-9-13-17(2,3)18(14,4)5;;;;/h6-7,9-10,13H,8,11-12H2,1-5H3;3*1H;/q;;;;+3/p-3. The van der Waals surface area contributed by atoms with Crippen LogP contribution < -0.4 is 0 Å². The van der Waals surface area contributed by atoms with Crippen LogP contribution in [0.5, 0.6) is 0 Å². The predicted molar refractivity (Wildman–Crippen MR) is 98.0 cm³/mol. The second-order valence-corrected chi connectivity index (χ2v) is 14.8. The summed E-state index contributed by atoms with van der Waals surface area (Å²) in [6.07, 6.45) is 15.0. The Balaban J connectivity index is 0.000000541. The molecule has 0 fully saturated rings. The average molecular weight is 450 g/mol. The molecule has 2 aliphatic carbocycles. The molecule has 2 rings (SSSR count). The summed E-state index contributed by atoms with van der Waals surface area (Å²) in [4.78, 5) is 0. The molecule has 0 nitrogen and oxygen atoms in total. The van der Waals surface area contributed by atoms with Crippen LogP contribution in [0.1, 0.15) is 53.9 Å². The van der Waals surface area contributed by atoms with E-state index in [1.165, 1.54) is 18.4 Å². The second-order valence-electron chi connectivity index (χ2n) is 6.87. The Morgan fingerprint density at radius 3 is 2.14 bits per heavy atom. The average Bonchev–Trinajstić information content (AvgIpc) is 2.90. The third-order valence-corrected chi connectivity index (χ3v) is 5.26. The van der Waals surface area contributed by atoms with Gasteiger partial charge in [-0.05, 0) is 48.2 Å². The Kier molecular flexibility index (Phi) is 7.94. The van der Waals surface area contributed by atoms with Gasteiger partial charge in [-0.3, -0.25) is 0 Å². The molecule has 0 atom stereocenters. The van der Waals surface area contributed by atoms with Crippen molar-refractivity contribution in [3.05, 3.63) is 47.1 Å². The molecule has 0 N–H and O–H groups in total. The van der Waals surface area contributed by atoms with Gasteiger partial charge >= 0.3 is 42.1 Å². The molecule has 0 heterocycles. The Morgan fingerprint density at radius 1 is 1.05 bits per heavy atom. The van der Waals surface area contributed by atoms with Crippen LogP contribution in [0.3, 0.4) is 0 Å². The van der Waals surface area contributed by atoms with Gasteiger partial charge in [-0.1, -0.05) is 63.6 Å². The van der Waals surface area contributed by atoms with E-state index in [1.54, 1.807) is 11.1 Å². The van der Waals surface area contributed by atoms with Crippen molar-refractivity contribution in [2.24, 2.45) is 10.8 Å². The summed E-state index contributed by atoms with van der Waals surface area (Å²) >= 11 is -1.75. The molecular formula is C18H26Cl3Ru. The molecule has 0 saturated heterocycles. The summed E-state index contributed by atoms with van der Waals surface area (Å²) in [5.41, 5.74) is 5.14. The van der Waals surface area contributed by atoms with Crippen molar-refractivity contribution in [2.45, 2.75) is 53.9 Å². The number of hydrogen-bond acceptors (Lipinski definition) is 0. The van der Waals surface area contributed by atoms with Crippen molar-refractivity contribution >= 4 is 29.1 Å². The van der Waals surface area contributed by atoms with Gasteiger partial charge in [0, 0.05) is 0 Å². The second kappa shape index (κ2) is 8.52. The molecule has 0 radical (unpaired) electrons. The van der Waals surface area contributed by atoms with Crippen LogP contribution in [-0.4, -0.2) is 0 Å². The molecule has 0 aromatic heterocycles. The van der Waals surface area contributed by atoms with E-state index in [2.05, 4.69) is 65.0 Å². The zero-order chi connectivity index (χ0) is 17.0. The molecule has 2 aliphatic rings. The molecule has 0 aromatic carbocycles. The van der Waals surface area contributed by atoms with E-state index in [-0.39, 0.29) is 10.8 Å². The van der Waals surface area contributed by atoms with E-state index in [0.717, 1.165) is 6.42 Å². The zero-order valence-corrected chi connectivity index (χ0v) is 18.0. The molecule has 0 aromatic rings. The first-order chi connectivity index (χ1) is 10.1. The third kappa shape index (κ3) is 5.23. The predicted octanol–water partition coefficient (Wildman–Crippen LogP) is 7.66. The van der Waals surface area contributed by atoms with Crippen LogP contribution in [0.25, 0.3) is 0 Å². The van der Waals surface area contributed by atoms with Gasteiger partial charge in [-0.15, -0.1) is 0 Å². The van der Waals surface area contributed by atoms with Crippen LogP contribution in [0.15, 0.2) is 47.1 Å². The van der Waals surface area contributed by atoms with Crippen molar-refractivity contribution < 1.29 is 13.0 Å². The first kappa shape index (κ1) is 20.5. The fraction of sp³-hybridized carbons (Fsp3) is 0.556. The van der Waals surface area contributed by atoms with Gasteiger partial charge in [0.15, 0.2) is 0 Å². The summed E-state index contributed by atoms with van der Waals surface area (Å²) in [5.74, 6) is 0. The maximum absolute atomic E-state index is 4.95. The Hall–Kier alpha value is 0.453. The van der Waals surface area contributed by atoms with E-state index in [9.17, 15) is 0 Å². The quantitative estimate of drug-likeness (QED) is 0.285. The van der Waals surface area contributed by atoms with Crippen molar-refractivity contribution in [2.75, 3.05) is 0 Å². The molecular weight excluding hydrogens is 424 g/mol. The van der Waals surface area contributed by atoms with Gasteiger partial charge in [0.25, 0.3) is 0 Å². The fourth-order valence-corrected chi connectivity index (χ4v) is 2.93. The minimum absolute atomic E-state index is 0.211. The van der Waals surface area contributed by atoms with E-state index in [4.69, 9.17) is 29.1 Å². The van der Waals surface area contributed by atoms with Gasteiger partial charge in [0.05, 0.1) is 0 Å². The van der Waals surface area contributed by atoms with Crippen LogP contribution in [0, 0.1) is 10.8 Å². The Labute approximate surface area is 153 Å². The summed E-state index contributed by atoms with van der Waals surface area (Å²) in [6.45, 7) is 11.8. The fourth-order valence-electron chi connectivity index (χ4n) is 2.93. The van der Waals surface area contributed by atoms with Gasteiger partial charge in [-0.25, -0.2) is 0 Å². The van der Waals surface area contributed by atoms with Crippen LogP contribution in [-0.2, 0) is 13.0 Å². The van der Waals surface area contributed by atoms with Gasteiger partial charge in [0.2, 0.25) is 0 Å². The number of rotatable bonds is 1. The molecule has 0 unspecified atom stereocenters. The number of allylic oxidation sites excluding steroid dienone is 8. The zero-order valence-electron chi connectivity index (χ0n) is 14.0. The summed E-state index contributed by atoms with van der Waals surface area (Å²) in [6, 6.07) is 0. The van der Waals surface area contributed by atoms with Gasteiger partial charge in [-0.2, -0.15) is 0 Å². The maximum atomic E-state index is 4.95. The van der Waals surface area contributed by atoms with E-state index in [1.807, 2.05) is 0 Å². The first-order valence-electron chi connectivity index (χ1n) is 7.50. The summed E-state index contributed by atoms with van der Waals surface area (Å²) in [7, 11) is 14.8. The minimum atomic E-state index is -1.75. The number of hydrogen-bond donors (Lipinski definition) is 0. The van der Waals surface area contributed by atoms with E-state index >= 15 is 0 Å². The van der Waals surface area contributed by atoms with Crippen molar-refractivity contribution in [1.82, 2.24) is 0 Å². The monoisotopic (exact) mass is 449 g/mol. The van der Waals surface area contributed by atoms with Crippen molar-refractivity contribution in [3.8, 4) is 0 Å².